The Kier molecular flexibility index (Phi) is 7.08. The molecule has 3 aromatic rings. The standard InChI is InChI=1S/C26H33N5O2/c1-18(2)17-31(21-14-20(24(27)32)15-28-16-21)26(33)25-29-22-10-6-7-11-23(22)30(25)13-12-19-8-4-3-5-9-19/h3-11,18,20-21,28H,12-17H2,1-2H3,(H2,27,32)/t20-,21+/m1/s1. The highest BCUT2D eigenvalue weighted by molar-refractivity contribution is 5.95. The Balaban J connectivity index is 1.67. The van der Waals surface area contributed by atoms with Crippen molar-refractivity contribution in [3.63, 3.8) is 0 Å². The molecule has 4 rings (SSSR count). The minimum Gasteiger partial charge on any atom is -0.369 e. The number of primary amides is 1. The van der Waals surface area contributed by atoms with E-state index >= 15 is 0 Å². The molecule has 0 unspecified atom stereocenters. The molecule has 174 valence electrons. The smallest absolute Gasteiger partial charge is 0.290 e. The quantitative estimate of drug-likeness (QED) is 0.555. The van der Waals surface area contributed by atoms with Gasteiger partial charge in [0.2, 0.25) is 5.91 Å². The molecule has 7 heteroatoms. The van der Waals surface area contributed by atoms with Crippen molar-refractivity contribution in [2.45, 2.75) is 39.3 Å². The maximum Gasteiger partial charge on any atom is 0.290 e. The number of carbonyl (C=O) groups excluding carboxylic acids is 2. The van der Waals surface area contributed by atoms with Gasteiger partial charge < -0.3 is 20.5 Å². The lowest BCUT2D eigenvalue weighted by molar-refractivity contribution is -0.122. The number of amides is 2. The van der Waals surface area contributed by atoms with Crippen LogP contribution in [0.5, 0.6) is 0 Å². The number of hydrogen-bond acceptors (Lipinski definition) is 4. The van der Waals surface area contributed by atoms with E-state index in [-0.39, 0.29) is 29.7 Å². The van der Waals surface area contributed by atoms with Crippen molar-refractivity contribution in [2.75, 3.05) is 19.6 Å². The van der Waals surface area contributed by atoms with Gasteiger partial charge in [-0.05, 0) is 36.5 Å². The summed E-state index contributed by atoms with van der Waals surface area (Å²) < 4.78 is 2.04. The summed E-state index contributed by atoms with van der Waals surface area (Å²) >= 11 is 0. The van der Waals surface area contributed by atoms with Gasteiger partial charge in [0.25, 0.3) is 5.91 Å². The van der Waals surface area contributed by atoms with Crippen molar-refractivity contribution < 1.29 is 9.59 Å². The van der Waals surface area contributed by atoms with Gasteiger partial charge in [-0.3, -0.25) is 9.59 Å². The van der Waals surface area contributed by atoms with Gasteiger partial charge in [-0.2, -0.15) is 0 Å². The highest BCUT2D eigenvalue weighted by Crippen LogP contribution is 2.23. The van der Waals surface area contributed by atoms with Crippen molar-refractivity contribution in [3.05, 3.63) is 66.0 Å². The van der Waals surface area contributed by atoms with Crippen LogP contribution in [0.1, 0.15) is 36.5 Å². The normalized spacial score (nSPS) is 18.5. The molecule has 7 nitrogen and oxygen atoms in total. The van der Waals surface area contributed by atoms with Gasteiger partial charge in [0.1, 0.15) is 0 Å². The van der Waals surface area contributed by atoms with Crippen LogP contribution in [0, 0.1) is 11.8 Å². The summed E-state index contributed by atoms with van der Waals surface area (Å²) in [7, 11) is 0. The minimum atomic E-state index is -0.320. The summed E-state index contributed by atoms with van der Waals surface area (Å²) in [6.45, 7) is 6.66. The number of fused-ring (bicyclic) bond motifs is 1. The van der Waals surface area contributed by atoms with Gasteiger partial charge in [0.15, 0.2) is 5.82 Å². The average molecular weight is 448 g/mol. The Morgan fingerprint density at radius 1 is 1.12 bits per heavy atom. The van der Waals surface area contributed by atoms with Crippen LogP contribution in [-0.2, 0) is 17.8 Å². The second-order valence-corrected chi connectivity index (χ2v) is 9.31. The Labute approximate surface area is 195 Å². The predicted octanol–water partition coefficient (Wildman–Crippen LogP) is 2.84. The third kappa shape index (κ3) is 5.25. The monoisotopic (exact) mass is 447 g/mol. The van der Waals surface area contributed by atoms with Crippen LogP contribution in [0.2, 0.25) is 0 Å². The number of rotatable bonds is 8. The molecule has 1 fully saturated rings. The Bertz CT molecular complexity index is 1110. The van der Waals surface area contributed by atoms with Crippen LogP contribution >= 0.6 is 0 Å². The second kappa shape index (κ2) is 10.2. The van der Waals surface area contributed by atoms with Crippen LogP contribution in [0.3, 0.4) is 0 Å². The number of benzene rings is 2. The first kappa shape index (κ1) is 23.0. The van der Waals surface area contributed by atoms with Crippen molar-refractivity contribution in [3.8, 4) is 0 Å². The van der Waals surface area contributed by atoms with E-state index in [9.17, 15) is 9.59 Å². The number of imidazole rings is 1. The number of hydrogen-bond donors (Lipinski definition) is 2. The fourth-order valence-corrected chi connectivity index (χ4v) is 4.64. The molecule has 2 atom stereocenters. The zero-order valence-electron chi connectivity index (χ0n) is 19.4. The van der Waals surface area contributed by atoms with Crippen molar-refractivity contribution in [1.29, 1.82) is 0 Å². The van der Waals surface area contributed by atoms with Crippen molar-refractivity contribution in [1.82, 2.24) is 19.8 Å². The van der Waals surface area contributed by atoms with Crippen LogP contribution in [-0.4, -0.2) is 51.9 Å². The zero-order chi connectivity index (χ0) is 23.4. The van der Waals surface area contributed by atoms with Gasteiger partial charge in [-0.1, -0.05) is 56.3 Å². The molecular formula is C26H33N5O2. The molecule has 33 heavy (non-hydrogen) atoms. The number of nitrogens with one attached hydrogen (secondary N) is 1. The topological polar surface area (TPSA) is 93.2 Å². The minimum absolute atomic E-state index is 0.0927. The Morgan fingerprint density at radius 2 is 1.85 bits per heavy atom. The van der Waals surface area contributed by atoms with Gasteiger partial charge in [0, 0.05) is 32.2 Å². The average Bonchev–Trinajstić information content (AvgIpc) is 3.20. The van der Waals surface area contributed by atoms with Crippen molar-refractivity contribution >= 4 is 22.8 Å². The van der Waals surface area contributed by atoms with Gasteiger partial charge in [-0.15, -0.1) is 0 Å². The molecular weight excluding hydrogens is 414 g/mol. The van der Waals surface area contributed by atoms with E-state index in [1.165, 1.54) is 5.56 Å². The van der Waals surface area contributed by atoms with Crippen molar-refractivity contribution in [2.24, 2.45) is 17.6 Å². The van der Waals surface area contributed by atoms with E-state index in [0.717, 1.165) is 17.5 Å². The number of nitrogens with two attached hydrogens (primary N) is 1. The largest absolute Gasteiger partial charge is 0.369 e. The Hall–Kier alpha value is -3.19. The number of nitrogens with zero attached hydrogens (tertiary/aromatic N) is 3. The number of piperidine rings is 1. The number of carbonyl (C=O) groups is 2. The van der Waals surface area contributed by atoms with E-state index in [1.54, 1.807) is 0 Å². The third-order valence-electron chi connectivity index (χ3n) is 6.31. The number of aryl methyl sites for hydroxylation is 2. The number of aromatic nitrogens is 2. The first-order valence-electron chi connectivity index (χ1n) is 11.7. The SMILES string of the molecule is CC(C)CN(C(=O)c1nc2ccccc2n1CCc1ccccc1)[C@@H]1CNC[C@H](C(N)=O)C1. The fourth-order valence-electron chi connectivity index (χ4n) is 4.64. The lowest BCUT2D eigenvalue weighted by Gasteiger charge is -2.38. The maximum absolute atomic E-state index is 14.0. The molecule has 0 saturated carbocycles. The molecule has 2 aromatic carbocycles. The predicted molar refractivity (Wildman–Crippen MR) is 130 cm³/mol. The highest BCUT2D eigenvalue weighted by Gasteiger charge is 2.34. The Morgan fingerprint density at radius 3 is 2.58 bits per heavy atom. The second-order valence-electron chi connectivity index (χ2n) is 9.31. The summed E-state index contributed by atoms with van der Waals surface area (Å²) in [6, 6.07) is 18.1. The summed E-state index contributed by atoms with van der Waals surface area (Å²) in [5.41, 5.74) is 8.58. The van der Waals surface area contributed by atoms with E-state index in [4.69, 9.17) is 10.7 Å². The van der Waals surface area contributed by atoms with Crippen LogP contribution in [0.15, 0.2) is 54.6 Å². The highest BCUT2D eigenvalue weighted by atomic mass is 16.2. The van der Waals surface area contributed by atoms with E-state index in [0.29, 0.717) is 38.4 Å². The van der Waals surface area contributed by atoms with E-state index < -0.39 is 0 Å². The van der Waals surface area contributed by atoms with Gasteiger partial charge in [-0.25, -0.2) is 4.98 Å². The van der Waals surface area contributed by atoms with Gasteiger partial charge >= 0.3 is 0 Å². The molecule has 0 spiro atoms. The lowest BCUT2D eigenvalue weighted by Crippen LogP contribution is -2.54. The summed E-state index contributed by atoms with van der Waals surface area (Å²) in [5, 5.41) is 3.29. The molecule has 2 amide bonds. The number of para-hydroxylation sites is 2. The first-order valence-corrected chi connectivity index (χ1v) is 11.7. The molecule has 1 saturated heterocycles. The molecule has 3 N–H and O–H groups in total. The molecule has 1 aliphatic rings. The van der Waals surface area contributed by atoms with Crippen LogP contribution < -0.4 is 11.1 Å². The maximum atomic E-state index is 14.0. The van der Waals surface area contributed by atoms with Gasteiger partial charge in [0.05, 0.1) is 17.0 Å². The molecule has 0 aliphatic carbocycles. The summed E-state index contributed by atoms with van der Waals surface area (Å²) in [6.07, 6.45) is 1.38. The molecule has 1 aromatic heterocycles. The first-order chi connectivity index (χ1) is 15.9. The molecule has 0 bridgehead atoms. The zero-order valence-corrected chi connectivity index (χ0v) is 19.4. The van der Waals surface area contributed by atoms with Crippen LogP contribution in [0.4, 0.5) is 0 Å². The lowest BCUT2D eigenvalue weighted by atomic mass is 9.93. The fraction of sp³-hybridized carbons (Fsp3) is 0.423. The summed E-state index contributed by atoms with van der Waals surface area (Å²) in [5.74, 6) is 0.0475. The molecule has 2 heterocycles. The molecule has 1 aliphatic heterocycles. The van der Waals surface area contributed by atoms with E-state index in [2.05, 4.69) is 31.3 Å². The van der Waals surface area contributed by atoms with E-state index in [1.807, 2.05) is 51.9 Å². The third-order valence-corrected chi connectivity index (χ3v) is 6.31. The molecule has 0 radical (unpaired) electrons. The summed E-state index contributed by atoms with van der Waals surface area (Å²) in [4.78, 5) is 32.5. The van der Waals surface area contributed by atoms with Crippen LogP contribution in [0.25, 0.3) is 11.0 Å².